The first-order chi connectivity index (χ1) is 10.4. The molecular formula is C16H31N3O2S. The summed E-state index contributed by atoms with van der Waals surface area (Å²) >= 11 is 0. The van der Waals surface area contributed by atoms with Crippen molar-refractivity contribution >= 4 is 15.8 Å². The van der Waals surface area contributed by atoms with Gasteiger partial charge in [0.25, 0.3) is 0 Å². The van der Waals surface area contributed by atoms with E-state index in [0.717, 1.165) is 43.9 Å². The highest BCUT2D eigenvalue weighted by atomic mass is 32.2. The normalized spacial score (nSPS) is 28.5. The van der Waals surface area contributed by atoms with E-state index < -0.39 is 9.84 Å². The van der Waals surface area contributed by atoms with Gasteiger partial charge in [-0.1, -0.05) is 13.8 Å². The minimum atomic E-state index is -2.80. The van der Waals surface area contributed by atoms with Crippen LogP contribution in [0.2, 0.25) is 0 Å². The number of sulfone groups is 1. The SMILES string of the molecule is CCNC(=NCC1CCS(=O)(=O)C1)N1CCC(CC(C)C)C1. The molecule has 0 aliphatic carbocycles. The van der Waals surface area contributed by atoms with Crippen LogP contribution in [-0.2, 0) is 9.84 Å². The summed E-state index contributed by atoms with van der Waals surface area (Å²) in [5.41, 5.74) is 0. The fourth-order valence-electron chi connectivity index (χ4n) is 3.54. The van der Waals surface area contributed by atoms with E-state index in [9.17, 15) is 8.42 Å². The number of guanidine groups is 1. The van der Waals surface area contributed by atoms with Crippen LogP contribution in [0, 0.1) is 17.8 Å². The fourth-order valence-corrected chi connectivity index (χ4v) is 5.39. The van der Waals surface area contributed by atoms with E-state index in [1.54, 1.807) is 0 Å². The number of rotatable bonds is 5. The first-order valence-corrected chi connectivity index (χ1v) is 10.5. The Kier molecular flexibility index (Phi) is 6.12. The van der Waals surface area contributed by atoms with E-state index >= 15 is 0 Å². The van der Waals surface area contributed by atoms with Crippen LogP contribution in [-0.4, -0.2) is 57.0 Å². The maximum Gasteiger partial charge on any atom is 0.193 e. The van der Waals surface area contributed by atoms with Crippen LogP contribution in [0.25, 0.3) is 0 Å². The molecule has 6 heteroatoms. The molecule has 2 heterocycles. The van der Waals surface area contributed by atoms with Crippen LogP contribution >= 0.6 is 0 Å². The first kappa shape index (κ1) is 17.6. The zero-order valence-electron chi connectivity index (χ0n) is 14.2. The predicted molar refractivity (Wildman–Crippen MR) is 91.9 cm³/mol. The van der Waals surface area contributed by atoms with Gasteiger partial charge >= 0.3 is 0 Å². The number of likely N-dealkylation sites (tertiary alicyclic amines) is 1. The summed E-state index contributed by atoms with van der Waals surface area (Å²) < 4.78 is 23.1. The summed E-state index contributed by atoms with van der Waals surface area (Å²) in [6.45, 7) is 10.3. The fraction of sp³-hybridized carbons (Fsp3) is 0.938. The van der Waals surface area contributed by atoms with Gasteiger partial charge in [0.05, 0.1) is 11.5 Å². The van der Waals surface area contributed by atoms with Crippen molar-refractivity contribution in [1.82, 2.24) is 10.2 Å². The molecule has 0 aromatic heterocycles. The number of nitrogens with one attached hydrogen (secondary N) is 1. The van der Waals surface area contributed by atoms with Gasteiger partial charge in [0.2, 0.25) is 0 Å². The lowest BCUT2D eigenvalue weighted by Gasteiger charge is -2.22. The Labute approximate surface area is 135 Å². The van der Waals surface area contributed by atoms with E-state index in [1.165, 1.54) is 12.8 Å². The summed E-state index contributed by atoms with van der Waals surface area (Å²) in [5, 5.41) is 3.37. The van der Waals surface area contributed by atoms with Gasteiger partial charge in [0.15, 0.2) is 15.8 Å². The second-order valence-corrected chi connectivity index (χ2v) is 9.42. The quantitative estimate of drug-likeness (QED) is 0.617. The third kappa shape index (κ3) is 5.14. The van der Waals surface area contributed by atoms with Crippen molar-refractivity contribution in [3.63, 3.8) is 0 Å². The van der Waals surface area contributed by atoms with Crippen molar-refractivity contribution in [2.45, 2.75) is 40.0 Å². The molecule has 0 bridgehead atoms. The first-order valence-electron chi connectivity index (χ1n) is 8.63. The molecule has 2 aliphatic rings. The molecule has 0 spiro atoms. The van der Waals surface area contributed by atoms with Crippen LogP contribution in [0.4, 0.5) is 0 Å². The zero-order chi connectivity index (χ0) is 16.2. The van der Waals surface area contributed by atoms with Gasteiger partial charge in [0.1, 0.15) is 0 Å². The molecule has 0 amide bonds. The Hall–Kier alpha value is -0.780. The van der Waals surface area contributed by atoms with Gasteiger partial charge in [-0.2, -0.15) is 0 Å². The Balaban J connectivity index is 1.91. The smallest absolute Gasteiger partial charge is 0.193 e. The Morgan fingerprint density at radius 3 is 2.68 bits per heavy atom. The number of aliphatic imine (C=N–C) groups is 1. The lowest BCUT2D eigenvalue weighted by Crippen LogP contribution is -2.40. The average Bonchev–Trinajstić information content (AvgIpc) is 3.00. The Morgan fingerprint density at radius 1 is 1.32 bits per heavy atom. The molecule has 0 aromatic rings. The third-order valence-electron chi connectivity index (χ3n) is 4.55. The maximum atomic E-state index is 11.5. The van der Waals surface area contributed by atoms with Crippen molar-refractivity contribution < 1.29 is 8.42 Å². The molecule has 0 radical (unpaired) electrons. The van der Waals surface area contributed by atoms with Crippen molar-refractivity contribution in [3.8, 4) is 0 Å². The monoisotopic (exact) mass is 329 g/mol. The number of hydrogen-bond acceptors (Lipinski definition) is 3. The molecule has 0 saturated carbocycles. The third-order valence-corrected chi connectivity index (χ3v) is 6.39. The highest BCUT2D eigenvalue weighted by Gasteiger charge is 2.29. The van der Waals surface area contributed by atoms with Gasteiger partial charge in [-0.15, -0.1) is 0 Å². The molecule has 1 N–H and O–H groups in total. The Bertz CT molecular complexity index is 488. The second kappa shape index (κ2) is 7.66. The van der Waals surface area contributed by atoms with E-state index in [4.69, 9.17) is 4.99 Å². The molecule has 5 nitrogen and oxygen atoms in total. The molecule has 2 aliphatic heterocycles. The van der Waals surface area contributed by atoms with E-state index in [-0.39, 0.29) is 5.92 Å². The average molecular weight is 330 g/mol. The molecule has 0 aromatic carbocycles. The van der Waals surface area contributed by atoms with Crippen LogP contribution in [0.15, 0.2) is 4.99 Å². The zero-order valence-corrected chi connectivity index (χ0v) is 15.0. The Morgan fingerprint density at radius 2 is 2.09 bits per heavy atom. The van der Waals surface area contributed by atoms with Crippen LogP contribution < -0.4 is 5.32 Å². The predicted octanol–water partition coefficient (Wildman–Crippen LogP) is 1.75. The van der Waals surface area contributed by atoms with Gasteiger partial charge in [-0.25, -0.2) is 8.42 Å². The van der Waals surface area contributed by atoms with Crippen molar-refractivity contribution in [1.29, 1.82) is 0 Å². The molecule has 2 rings (SSSR count). The minimum Gasteiger partial charge on any atom is -0.357 e. The largest absolute Gasteiger partial charge is 0.357 e. The number of nitrogens with zero attached hydrogens (tertiary/aromatic N) is 2. The van der Waals surface area contributed by atoms with Crippen molar-refractivity contribution in [2.24, 2.45) is 22.7 Å². The molecule has 22 heavy (non-hydrogen) atoms. The summed E-state index contributed by atoms with van der Waals surface area (Å²) in [4.78, 5) is 7.07. The second-order valence-electron chi connectivity index (χ2n) is 7.19. The van der Waals surface area contributed by atoms with Gasteiger partial charge in [-0.05, 0) is 43.9 Å². The van der Waals surface area contributed by atoms with E-state index in [0.29, 0.717) is 18.1 Å². The van der Waals surface area contributed by atoms with E-state index in [1.807, 2.05) is 0 Å². The van der Waals surface area contributed by atoms with Crippen molar-refractivity contribution in [3.05, 3.63) is 0 Å². The lowest BCUT2D eigenvalue weighted by atomic mass is 9.97. The van der Waals surface area contributed by atoms with Crippen molar-refractivity contribution in [2.75, 3.05) is 37.7 Å². The van der Waals surface area contributed by atoms with E-state index in [2.05, 4.69) is 31.0 Å². The van der Waals surface area contributed by atoms with Gasteiger partial charge in [-0.3, -0.25) is 4.99 Å². The summed E-state index contributed by atoms with van der Waals surface area (Å²) in [5.74, 6) is 3.32. The van der Waals surface area contributed by atoms with Gasteiger partial charge < -0.3 is 10.2 Å². The molecular weight excluding hydrogens is 298 g/mol. The van der Waals surface area contributed by atoms with Crippen LogP contribution in [0.3, 0.4) is 0 Å². The lowest BCUT2D eigenvalue weighted by molar-refractivity contribution is 0.403. The van der Waals surface area contributed by atoms with Crippen LogP contribution in [0.5, 0.6) is 0 Å². The molecule has 2 unspecified atom stereocenters. The highest BCUT2D eigenvalue weighted by Crippen LogP contribution is 2.24. The summed E-state index contributed by atoms with van der Waals surface area (Å²) in [6, 6.07) is 0. The van der Waals surface area contributed by atoms with Gasteiger partial charge in [0, 0.05) is 26.2 Å². The standard InChI is InChI=1S/C16H31N3O2S/c1-4-17-16(18-10-15-6-8-22(20,21)12-15)19-7-5-14(11-19)9-13(2)3/h13-15H,4-12H2,1-3H3,(H,17,18). The van der Waals surface area contributed by atoms with Crippen LogP contribution in [0.1, 0.15) is 40.0 Å². The molecule has 128 valence electrons. The summed E-state index contributed by atoms with van der Waals surface area (Å²) in [6.07, 6.45) is 3.28. The molecule has 2 fully saturated rings. The summed E-state index contributed by atoms with van der Waals surface area (Å²) in [7, 11) is -2.80. The highest BCUT2D eigenvalue weighted by molar-refractivity contribution is 7.91. The molecule has 2 saturated heterocycles. The molecule has 2 atom stereocenters. The topological polar surface area (TPSA) is 61.8 Å². The minimum absolute atomic E-state index is 0.202. The number of hydrogen-bond donors (Lipinski definition) is 1. The maximum absolute atomic E-state index is 11.5.